The number of halogens is 1. The van der Waals surface area contributed by atoms with Gasteiger partial charge in [-0.3, -0.25) is 4.57 Å². The van der Waals surface area contributed by atoms with E-state index in [1.165, 1.54) is 24.8 Å². The molecule has 0 saturated heterocycles. The van der Waals surface area contributed by atoms with Gasteiger partial charge < -0.3 is 5.11 Å². The summed E-state index contributed by atoms with van der Waals surface area (Å²) < 4.78 is 1.61. The molecule has 5 nitrogen and oxygen atoms in total. The number of carbonyl (C=O) groups is 1. The summed E-state index contributed by atoms with van der Waals surface area (Å²) in [4.78, 5) is 10.7. The average Bonchev–Trinajstić information content (AvgIpc) is 2.70. The van der Waals surface area contributed by atoms with Crippen molar-refractivity contribution in [1.82, 2.24) is 14.8 Å². The first-order valence-corrected chi connectivity index (χ1v) is 4.44. The van der Waals surface area contributed by atoms with Crippen molar-refractivity contribution in [2.45, 2.75) is 0 Å². The third-order valence-corrected chi connectivity index (χ3v) is 2.19. The van der Waals surface area contributed by atoms with Crippen LogP contribution in [0.5, 0.6) is 0 Å². The van der Waals surface area contributed by atoms with Crippen molar-refractivity contribution in [3.8, 4) is 5.69 Å². The Morgan fingerprint density at radius 3 is 2.53 bits per heavy atom. The second-order valence-corrected chi connectivity index (χ2v) is 3.25. The zero-order chi connectivity index (χ0) is 10.8. The lowest BCUT2D eigenvalue weighted by atomic mass is 10.2. The van der Waals surface area contributed by atoms with Gasteiger partial charge in [0.05, 0.1) is 16.3 Å². The van der Waals surface area contributed by atoms with E-state index >= 15 is 0 Å². The normalized spacial score (nSPS) is 10.2. The Balaban J connectivity index is 2.48. The van der Waals surface area contributed by atoms with Crippen LogP contribution in [0.2, 0.25) is 5.02 Å². The highest BCUT2D eigenvalue weighted by atomic mass is 35.5. The van der Waals surface area contributed by atoms with Crippen LogP contribution in [0.3, 0.4) is 0 Å². The molecular weight excluding hydrogens is 218 g/mol. The standard InChI is InChI=1S/C9H6ClN3O2/c10-7-3-6(9(14)15)1-2-8(7)13-4-11-12-5-13/h1-5H,(H,14,15). The van der Waals surface area contributed by atoms with Crippen LogP contribution in [-0.2, 0) is 0 Å². The molecule has 0 bridgehead atoms. The van der Waals surface area contributed by atoms with Crippen LogP contribution in [0.1, 0.15) is 10.4 Å². The summed E-state index contributed by atoms with van der Waals surface area (Å²) in [5.41, 5.74) is 0.795. The number of hydrogen-bond acceptors (Lipinski definition) is 3. The zero-order valence-corrected chi connectivity index (χ0v) is 8.22. The minimum atomic E-state index is -1.01. The molecule has 0 unspecified atom stereocenters. The summed E-state index contributed by atoms with van der Waals surface area (Å²) in [5.74, 6) is -1.01. The first-order chi connectivity index (χ1) is 7.18. The molecule has 15 heavy (non-hydrogen) atoms. The van der Waals surface area contributed by atoms with Crippen molar-refractivity contribution in [2.75, 3.05) is 0 Å². The first-order valence-electron chi connectivity index (χ1n) is 4.06. The SMILES string of the molecule is O=C(O)c1ccc(-n2cnnc2)c(Cl)c1. The fraction of sp³-hybridized carbons (Fsp3) is 0. The van der Waals surface area contributed by atoms with Gasteiger partial charge in [0.2, 0.25) is 0 Å². The summed E-state index contributed by atoms with van der Waals surface area (Å²) in [5, 5.41) is 16.4. The number of aromatic nitrogens is 3. The highest BCUT2D eigenvalue weighted by Gasteiger charge is 2.07. The van der Waals surface area contributed by atoms with E-state index in [0.29, 0.717) is 10.7 Å². The molecule has 0 aliphatic heterocycles. The second kappa shape index (κ2) is 3.70. The summed E-state index contributed by atoms with van der Waals surface area (Å²) in [7, 11) is 0. The Morgan fingerprint density at radius 1 is 1.33 bits per heavy atom. The van der Waals surface area contributed by atoms with Gasteiger partial charge in [0.25, 0.3) is 0 Å². The number of nitrogens with zero attached hydrogens (tertiary/aromatic N) is 3. The largest absolute Gasteiger partial charge is 0.478 e. The van der Waals surface area contributed by atoms with E-state index in [9.17, 15) is 4.79 Å². The minimum Gasteiger partial charge on any atom is -0.478 e. The van der Waals surface area contributed by atoms with Crippen LogP contribution in [0.25, 0.3) is 5.69 Å². The van der Waals surface area contributed by atoms with E-state index in [4.69, 9.17) is 16.7 Å². The molecule has 76 valence electrons. The van der Waals surface area contributed by atoms with Gasteiger partial charge in [0.1, 0.15) is 12.7 Å². The number of benzene rings is 1. The second-order valence-electron chi connectivity index (χ2n) is 2.84. The van der Waals surface area contributed by atoms with Crippen molar-refractivity contribution < 1.29 is 9.90 Å². The zero-order valence-electron chi connectivity index (χ0n) is 7.46. The summed E-state index contributed by atoms with van der Waals surface area (Å²) >= 11 is 5.93. The number of carboxylic acid groups (broad SMARTS) is 1. The number of aromatic carboxylic acids is 1. The highest BCUT2D eigenvalue weighted by Crippen LogP contribution is 2.21. The van der Waals surface area contributed by atoms with E-state index in [1.807, 2.05) is 0 Å². The molecule has 0 aliphatic rings. The molecule has 0 radical (unpaired) electrons. The Hall–Kier alpha value is -1.88. The highest BCUT2D eigenvalue weighted by molar-refractivity contribution is 6.32. The van der Waals surface area contributed by atoms with Crippen molar-refractivity contribution in [3.63, 3.8) is 0 Å². The van der Waals surface area contributed by atoms with Crippen molar-refractivity contribution in [1.29, 1.82) is 0 Å². The Kier molecular flexibility index (Phi) is 2.39. The fourth-order valence-corrected chi connectivity index (χ4v) is 1.45. The maximum Gasteiger partial charge on any atom is 0.335 e. The van der Waals surface area contributed by atoms with Crippen LogP contribution in [0.4, 0.5) is 0 Å². The van der Waals surface area contributed by atoms with Gasteiger partial charge in [-0.05, 0) is 18.2 Å². The number of rotatable bonds is 2. The van der Waals surface area contributed by atoms with Gasteiger partial charge in [-0.2, -0.15) is 0 Å². The fourth-order valence-electron chi connectivity index (χ4n) is 1.17. The molecule has 6 heteroatoms. The lowest BCUT2D eigenvalue weighted by molar-refractivity contribution is 0.0697. The van der Waals surface area contributed by atoms with Gasteiger partial charge in [-0.1, -0.05) is 11.6 Å². The first kappa shape index (κ1) is 9.67. The van der Waals surface area contributed by atoms with Gasteiger partial charge >= 0.3 is 5.97 Å². The van der Waals surface area contributed by atoms with E-state index in [-0.39, 0.29) is 5.56 Å². The van der Waals surface area contributed by atoms with E-state index in [1.54, 1.807) is 10.6 Å². The summed E-state index contributed by atoms with van der Waals surface area (Å²) in [6, 6.07) is 4.47. The quantitative estimate of drug-likeness (QED) is 0.840. The number of hydrogen-bond donors (Lipinski definition) is 1. The van der Waals surface area contributed by atoms with E-state index in [2.05, 4.69) is 10.2 Å². The van der Waals surface area contributed by atoms with Crippen LogP contribution < -0.4 is 0 Å². The maximum absolute atomic E-state index is 10.7. The molecule has 2 aromatic rings. The van der Waals surface area contributed by atoms with Gasteiger partial charge in [-0.15, -0.1) is 10.2 Å². The minimum absolute atomic E-state index is 0.150. The summed E-state index contributed by atoms with van der Waals surface area (Å²) in [6.45, 7) is 0. The molecule has 0 spiro atoms. The monoisotopic (exact) mass is 223 g/mol. The smallest absolute Gasteiger partial charge is 0.335 e. The van der Waals surface area contributed by atoms with E-state index in [0.717, 1.165) is 0 Å². The molecule has 0 fully saturated rings. The Labute approximate surface area is 89.9 Å². The van der Waals surface area contributed by atoms with Gasteiger partial charge in [0, 0.05) is 0 Å². The third kappa shape index (κ3) is 1.82. The lowest BCUT2D eigenvalue weighted by Crippen LogP contribution is -1.98. The average molecular weight is 224 g/mol. The molecule has 0 aliphatic carbocycles. The molecule has 1 N–H and O–H groups in total. The molecule has 1 heterocycles. The van der Waals surface area contributed by atoms with Crippen LogP contribution >= 0.6 is 11.6 Å². The Bertz CT molecular complexity index is 496. The lowest BCUT2D eigenvalue weighted by Gasteiger charge is -2.04. The van der Waals surface area contributed by atoms with Gasteiger partial charge in [-0.25, -0.2) is 4.79 Å². The van der Waals surface area contributed by atoms with Crippen molar-refractivity contribution >= 4 is 17.6 Å². The molecule has 0 amide bonds. The van der Waals surface area contributed by atoms with Crippen molar-refractivity contribution in [3.05, 3.63) is 41.4 Å². The topological polar surface area (TPSA) is 68.0 Å². The molecule has 2 rings (SSSR count). The molecular formula is C9H6ClN3O2. The Morgan fingerprint density at radius 2 is 2.00 bits per heavy atom. The van der Waals surface area contributed by atoms with Crippen molar-refractivity contribution in [2.24, 2.45) is 0 Å². The molecule has 0 saturated carbocycles. The van der Waals surface area contributed by atoms with E-state index < -0.39 is 5.97 Å². The van der Waals surface area contributed by atoms with Crippen LogP contribution in [0.15, 0.2) is 30.9 Å². The molecule has 0 atom stereocenters. The third-order valence-electron chi connectivity index (χ3n) is 1.89. The predicted octanol–water partition coefficient (Wildman–Crippen LogP) is 1.62. The maximum atomic E-state index is 10.7. The number of carboxylic acids is 1. The predicted molar refractivity (Wildman–Crippen MR) is 53.3 cm³/mol. The van der Waals surface area contributed by atoms with Crippen LogP contribution in [0, 0.1) is 0 Å². The summed E-state index contributed by atoms with van der Waals surface area (Å²) in [6.07, 6.45) is 2.98. The molecule has 1 aromatic heterocycles. The van der Waals surface area contributed by atoms with Gasteiger partial charge in [0.15, 0.2) is 0 Å². The van der Waals surface area contributed by atoms with Crippen LogP contribution in [-0.4, -0.2) is 25.8 Å². The molecule has 1 aromatic carbocycles.